The highest BCUT2D eigenvalue weighted by atomic mass is 35.5. The maximum absolute atomic E-state index is 9.89. The molecule has 3 N–H and O–H groups in total. The summed E-state index contributed by atoms with van der Waals surface area (Å²) in [6.07, 6.45) is 0.160. The van der Waals surface area contributed by atoms with Crippen LogP contribution in [0.5, 0.6) is 0 Å². The molecule has 0 saturated heterocycles. The van der Waals surface area contributed by atoms with Gasteiger partial charge in [-0.15, -0.1) is 12.4 Å². The van der Waals surface area contributed by atoms with Gasteiger partial charge in [-0.1, -0.05) is 6.92 Å². The molecule has 0 amide bonds. The van der Waals surface area contributed by atoms with Gasteiger partial charge in [-0.2, -0.15) is 0 Å². The Balaban J connectivity index is 0. The van der Waals surface area contributed by atoms with E-state index in [0.717, 1.165) is 6.54 Å². The molecule has 0 aromatic heterocycles. The maximum Gasteiger partial charge on any atom is 0.304 e. The van der Waals surface area contributed by atoms with Crippen LogP contribution < -0.4 is 10.9 Å². The van der Waals surface area contributed by atoms with Crippen molar-refractivity contribution in [3.8, 4) is 0 Å². The Hall–Kier alpha value is -0.320. The highest BCUT2D eigenvalue weighted by Gasteiger charge is 1.92. The lowest BCUT2D eigenvalue weighted by molar-refractivity contribution is -0.136. The Kier molecular flexibility index (Phi) is 10.7. The predicted molar refractivity (Wildman–Crippen MR) is 41.2 cm³/mol. The number of hydrogen-bond acceptors (Lipinski definition) is 3. The van der Waals surface area contributed by atoms with Gasteiger partial charge in [0, 0.05) is 13.1 Å². The summed E-state index contributed by atoms with van der Waals surface area (Å²) in [5, 5.41) is 8.15. The van der Waals surface area contributed by atoms with E-state index < -0.39 is 5.97 Å². The minimum absolute atomic E-state index is 0. The smallest absolute Gasteiger partial charge is 0.304 e. The van der Waals surface area contributed by atoms with E-state index in [4.69, 9.17) is 5.11 Å². The summed E-state index contributed by atoms with van der Waals surface area (Å²) in [7, 11) is 0. The molecule has 0 bridgehead atoms. The quantitative estimate of drug-likeness (QED) is 0.400. The van der Waals surface area contributed by atoms with Gasteiger partial charge < -0.3 is 5.11 Å². The zero-order valence-corrected chi connectivity index (χ0v) is 6.70. The van der Waals surface area contributed by atoms with Crippen LogP contribution in [0.15, 0.2) is 0 Å². The summed E-state index contributed by atoms with van der Waals surface area (Å²) in [5.41, 5.74) is 5.53. The van der Waals surface area contributed by atoms with Crippen molar-refractivity contribution in [2.45, 2.75) is 13.3 Å². The number of carbonyl (C=O) groups is 1. The van der Waals surface area contributed by atoms with Gasteiger partial charge in [-0.05, 0) is 0 Å². The third kappa shape index (κ3) is 10.6. The largest absolute Gasteiger partial charge is 0.481 e. The van der Waals surface area contributed by atoms with Crippen LogP contribution in [0.1, 0.15) is 13.3 Å². The molecular formula is C5H13ClN2O2. The van der Waals surface area contributed by atoms with E-state index in [0.29, 0.717) is 6.54 Å². The molecule has 0 aliphatic rings. The van der Waals surface area contributed by atoms with E-state index in [1.807, 2.05) is 6.92 Å². The Bertz CT molecular complexity index is 89.7. The van der Waals surface area contributed by atoms with Crippen LogP contribution in [0, 0.1) is 0 Å². The van der Waals surface area contributed by atoms with E-state index in [2.05, 4.69) is 10.9 Å². The van der Waals surface area contributed by atoms with Crippen molar-refractivity contribution in [3.05, 3.63) is 0 Å². The normalized spacial score (nSPS) is 8.50. The molecule has 0 saturated carbocycles. The number of carboxylic acid groups (broad SMARTS) is 1. The van der Waals surface area contributed by atoms with E-state index in [9.17, 15) is 4.79 Å². The fourth-order valence-electron chi connectivity index (χ4n) is 0.383. The summed E-state index contributed by atoms with van der Waals surface area (Å²) >= 11 is 0. The third-order valence-corrected chi connectivity index (χ3v) is 0.766. The number of rotatable bonds is 5. The molecule has 0 aliphatic carbocycles. The van der Waals surface area contributed by atoms with Crippen molar-refractivity contribution < 1.29 is 9.90 Å². The first-order valence-electron chi connectivity index (χ1n) is 2.95. The van der Waals surface area contributed by atoms with Gasteiger partial charge in [0.1, 0.15) is 0 Å². The van der Waals surface area contributed by atoms with E-state index >= 15 is 0 Å². The minimum atomic E-state index is -0.777. The number of halogens is 1. The number of carboxylic acids is 1. The summed E-state index contributed by atoms with van der Waals surface area (Å²) in [6, 6.07) is 0. The number of hydrogen-bond donors (Lipinski definition) is 3. The Morgan fingerprint density at radius 2 is 2.10 bits per heavy atom. The highest BCUT2D eigenvalue weighted by Crippen LogP contribution is 1.71. The number of aliphatic carboxylic acids is 1. The van der Waals surface area contributed by atoms with Crippen LogP contribution in [-0.4, -0.2) is 24.2 Å². The molecule has 62 valence electrons. The summed E-state index contributed by atoms with van der Waals surface area (Å²) in [6.45, 7) is 3.22. The monoisotopic (exact) mass is 168 g/mol. The fourth-order valence-corrected chi connectivity index (χ4v) is 0.383. The van der Waals surface area contributed by atoms with Gasteiger partial charge in [-0.25, -0.2) is 0 Å². The molecule has 4 nitrogen and oxygen atoms in total. The molecular weight excluding hydrogens is 156 g/mol. The van der Waals surface area contributed by atoms with Crippen LogP contribution in [0.4, 0.5) is 0 Å². The average molecular weight is 169 g/mol. The lowest BCUT2D eigenvalue weighted by atomic mass is 10.4. The van der Waals surface area contributed by atoms with Crippen molar-refractivity contribution in [2.75, 3.05) is 13.1 Å². The van der Waals surface area contributed by atoms with Crippen LogP contribution in [0.2, 0.25) is 0 Å². The summed E-state index contributed by atoms with van der Waals surface area (Å²) < 4.78 is 0. The van der Waals surface area contributed by atoms with Crippen LogP contribution in [0.3, 0.4) is 0 Å². The van der Waals surface area contributed by atoms with Crippen molar-refractivity contribution >= 4 is 18.4 Å². The SMILES string of the molecule is CCNNCCC(=O)O.Cl. The molecule has 0 spiro atoms. The lowest BCUT2D eigenvalue weighted by Gasteiger charge is -1.99. The second kappa shape index (κ2) is 8.68. The van der Waals surface area contributed by atoms with E-state index in [1.54, 1.807) is 0 Å². The first kappa shape index (κ1) is 12.4. The summed E-state index contributed by atoms with van der Waals surface area (Å²) in [5.74, 6) is -0.777. The predicted octanol–water partition coefficient (Wildman–Crippen LogP) is -0.00300. The third-order valence-electron chi connectivity index (χ3n) is 0.766. The molecule has 5 heteroatoms. The summed E-state index contributed by atoms with van der Waals surface area (Å²) in [4.78, 5) is 9.89. The minimum Gasteiger partial charge on any atom is -0.481 e. The first-order valence-corrected chi connectivity index (χ1v) is 2.95. The van der Waals surface area contributed by atoms with Crippen LogP contribution >= 0.6 is 12.4 Å². The maximum atomic E-state index is 9.89. The fraction of sp³-hybridized carbons (Fsp3) is 0.800. The highest BCUT2D eigenvalue weighted by molar-refractivity contribution is 5.85. The lowest BCUT2D eigenvalue weighted by Crippen LogP contribution is -2.33. The van der Waals surface area contributed by atoms with Crippen molar-refractivity contribution in [1.29, 1.82) is 0 Å². The first-order chi connectivity index (χ1) is 4.27. The van der Waals surface area contributed by atoms with E-state index in [-0.39, 0.29) is 18.8 Å². The molecule has 0 aliphatic heterocycles. The van der Waals surface area contributed by atoms with Gasteiger partial charge in [0.05, 0.1) is 6.42 Å². The Morgan fingerprint density at radius 3 is 2.50 bits per heavy atom. The Labute approximate surface area is 66.4 Å². The molecule has 0 heterocycles. The van der Waals surface area contributed by atoms with Gasteiger partial charge in [0.25, 0.3) is 0 Å². The van der Waals surface area contributed by atoms with Gasteiger partial charge in [-0.3, -0.25) is 15.6 Å². The topological polar surface area (TPSA) is 61.4 Å². The van der Waals surface area contributed by atoms with Crippen molar-refractivity contribution in [3.63, 3.8) is 0 Å². The number of hydrazine groups is 1. The van der Waals surface area contributed by atoms with Gasteiger partial charge in [0.15, 0.2) is 0 Å². The molecule has 0 radical (unpaired) electrons. The molecule has 10 heavy (non-hydrogen) atoms. The van der Waals surface area contributed by atoms with Crippen LogP contribution in [-0.2, 0) is 4.79 Å². The Morgan fingerprint density at radius 1 is 1.50 bits per heavy atom. The number of nitrogens with one attached hydrogen (secondary N) is 2. The molecule has 0 unspecified atom stereocenters. The van der Waals surface area contributed by atoms with Crippen molar-refractivity contribution in [2.24, 2.45) is 0 Å². The van der Waals surface area contributed by atoms with Crippen molar-refractivity contribution in [1.82, 2.24) is 10.9 Å². The van der Waals surface area contributed by atoms with E-state index in [1.165, 1.54) is 0 Å². The standard InChI is InChI=1S/C5H12N2O2.ClH/c1-2-6-7-4-3-5(8)9;/h6-7H,2-4H2,1H3,(H,8,9);1H. The second-order valence-electron chi connectivity index (χ2n) is 1.60. The molecule has 0 aromatic rings. The van der Waals surface area contributed by atoms with Crippen LogP contribution in [0.25, 0.3) is 0 Å². The molecule has 0 fully saturated rings. The second-order valence-corrected chi connectivity index (χ2v) is 1.60. The molecule has 0 aromatic carbocycles. The zero-order valence-electron chi connectivity index (χ0n) is 5.89. The average Bonchev–Trinajstić information content (AvgIpc) is 1.80. The zero-order chi connectivity index (χ0) is 7.11. The molecule has 0 atom stereocenters. The van der Waals surface area contributed by atoms with Gasteiger partial charge in [0.2, 0.25) is 0 Å². The van der Waals surface area contributed by atoms with Gasteiger partial charge >= 0.3 is 5.97 Å². The molecule has 0 rings (SSSR count).